The quantitative estimate of drug-likeness (QED) is 0.0447. The molecule has 10 nitrogen and oxygen atoms in total. The van der Waals surface area contributed by atoms with E-state index in [1.165, 1.54) is 0 Å². The minimum absolute atomic E-state index is 0.328. The second kappa shape index (κ2) is 22.2. The summed E-state index contributed by atoms with van der Waals surface area (Å²) in [5, 5.41) is -0.656. The second-order valence-corrected chi connectivity index (χ2v) is 53.7. The molecule has 0 spiro atoms. The summed E-state index contributed by atoms with van der Waals surface area (Å²) in [5.74, 6) is 1.31. The van der Waals surface area contributed by atoms with Gasteiger partial charge in [0, 0.05) is 23.6 Å². The van der Waals surface area contributed by atoms with Gasteiger partial charge in [-0.15, -0.1) is 0 Å². The predicted molar refractivity (Wildman–Crippen MR) is 235 cm³/mol. The molecule has 0 amide bonds. The molecule has 20 heteroatoms. The molecular formula is C30H72O10S2Si8. The Morgan fingerprint density at radius 3 is 0.800 bits per heavy atom. The Hall–Kier alpha value is 0.615. The molecule has 0 radical (unpaired) electrons. The molecule has 0 aliphatic rings. The van der Waals surface area contributed by atoms with Crippen molar-refractivity contribution in [1.29, 1.82) is 0 Å². The van der Waals surface area contributed by atoms with Crippen LogP contribution in [0.25, 0.3) is 0 Å². The highest BCUT2D eigenvalue weighted by Gasteiger charge is 2.50. The van der Waals surface area contributed by atoms with Crippen molar-refractivity contribution in [2.45, 2.75) is 143 Å². The van der Waals surface area contributed by atoms with E-state index in [9.17, 15) is 9.59 Å². The maximum Gasteiger partial charge on any atom is 0.469 e. The Kier molecular flexibility index (Phi) is 23.4. The standard InChI is InChI=1S/2C15H36O5SSi4/c2*1-11-17-15(16)21-13-12-14-25(18-22(2,3)4,19-23(5,6)7)20-24(8,9)10/h2*11H,1,12-14H2,2-10H3. The van der Waals surface area contributed by atoms with Crippen molar-refractivity contribution in [3.63, 3.8) is 0 Å². The first-order valence-electron chi connectivity index (χ1n) is 17.2. The number of rotatable bonds is 22. The van der Waals surface area contributed by atoms with Crippen LogP contribution >= 0.6 is 23.5 Å². The van der Waals surface area contributed by atoms with Gasteiger partial charge in [-0.05, 0) is 154 Å². The topological polar surface area (TPSA) is 108 Å². The summed E-state index contributed by atoms with van der Waals surface area (Å²) in [5.41, 5.74) is 0. The van der Waals surface area contributed by atoms with Crippen LogP contribution in [0.15, 0.2) is 25.7 Å². The lowest BCUT2D eigenvalue weighted by atomic mass is 10.6. The Morgan fingerprint density at radius 1 is 0.440 bits per heavy atom. The van der Waals surface area contributed by atoms with E-state index in [1.807, 2.05) is 0 Å². The van der Waals surface area contributed by atoms with Crippen LogP contribution in [0.4, 0.5) is 9.59 Å². The van der Waals surface area contributed by atoms with Gasteiger partial charge in [0.25, 0.3) is 0 Å². The summed E-state index contributed by atoms with van der Waals surface area (Å²) in [6, 6.07) is 1.47. The van der Waals surface area contributed by atoms with E-state index in [2.05, 4.69) is 131 Å². The van der Waals surface area contributed by atoms with Crippen molar-refractivity contribution in [2.24, 2.45) is 0 Å². The van der Waals surface area contributed by atoms with Gasteiger partial charge in [-0.3, -0.25) is 0 Å². The third kappa shape index (κ3) is 32.1. The van der Waals surface area contributed by atoms with E-state index in [0.717, 1.165) is 61.0 Å². The average molecular weight is 882 g/mol. The van der Waals surface area contributed by atoms with Crippen LogP contribution in [0.5, 0.6) is 0 Å². The van der Waals surface area contributed by atoms with Gasteiger partial charge in [0.15, 0.2) is 49.9 Å². The second-order valence-electron chi connectivity index (χ2n) is 17.6. The summed E-state index contributed by atoms with van der Waals surface area (Å²) in [6.07, 6.45) is 3.90. The van der Waals surface area contributed by atoms with Gasteiger partial charge in [0.1, 0.15) is 0 Å². The lowest BCUT2D eigenvalue weighted by molar-refractivity contribution is 0.213. The van der Waals surface area contributed by atoms with Gasteiger partial charge in [-0.25, -0.2) is 9.59 Å². The van der Waals surface area contributed by atoms with Crippen molar-refractivity contribution in [2.75, 3.05) is 11.5 Å². The van der Waals surface area contributed by atoms with Crippen LogP contribution in [0.1, 0.15) is 12.8 Å². The highest BCUT2D eigenvalue weighted by Crippen LogP contribution is 2.32. The predicted octanol–water partition coefficient (Wildman–Crippen LogP) is 11.8. The first-order chi connectivity index (χ1) is 22.2. The van der Waals surface area contributed by atoms with Gasteiger partial charge in [-0.1, -0.05) is 13.2 Å². The van der Waals surface area contributed by atoms with Crippen molar-refractivity contribution >= 4 is 102 Å². The molecule has 296 valence electrons. The van der Waals surface area contributed by atoms with Gasteiger partial charge < -0.3 is 34.2 Å². The zero-order valence-electron chi connectivity index (χ0n) is 34.7. The summed E-state index contributed by atoms with van der Waals surface area (Å²) in [4.78, 5) is 22.9. The molecule has 0 saturated carbocycles. The van der Waals surface area contributed by atoms with Gasteiger partial charge in [-0.2, -0.15) is 0 Å². The molecule has 0 heterocycles. The van der Waals surface area contributed by atoms with Crippen LogP contribution in [0, 0.1) is 0 Å². The van der Waals surface area contributed by atoms with Crippen LogP contribution in [0.2, 0.25) is 130 Å². The first kappa shape index (κ1) is 52.7. The number of hydrogen-bond donors (Lipinski definition) is 0. The molecule has 0 aromatic heterocycles. The van der Waals surface area contributed by atoms with E-state index in [0.29, 0.717) is 11.5 Å². The minimum Gasteiger partial charge on any atom is -0.427 e. The molecule has 0 unspecified atom stereocenters. The Balaban J connectivity index is 0. The van der Waals surface area contributed by atoms with Crippen molar-refractivity contribution in [3.05, 3.63) is 25.7 Å². The fraction of sp³-hybridized carbons (Fsp3) is 0.800. The summed E-state index contributed by atoms with van der Waals surface area (Å²) < 4.78 is 49.0. The monoisotopic (exact) mass is 880 g/mol. The molecule has 0 aromatic rings. The van der Waals surface area contributed by atoms with Gasteiger partial charge in [0.2, 0.25) is 0 Å². The van der Waals surface area contributed by atoms with Crippen LogP contribution in [-0.2, 0) is 34.2 Å². The number of hydrogen-bond acceptors (Lipinski definition) is 12. The Labute approximate surface area is 323 Å². The van der Waals surface area contributed by atoms with E-state index in [4.69, 9.17) is 34.2 Å². The third-order valence-corrected chi connectivity index (χ3v) is 30.6. The molecule has 0 N–H and O–H groups in total. The van der Waals surface area contributed by atoms with E-state index in [1.54, 1.807) is 0 Å². The van der Waals surface area contributed by atoms with Gasteiger partial charge >= 0.3 is 28.2 Å². The van der Waals surface area contributed by atoms with E-state index < -0.39 is 67.5 Å². The number of thioether (sulfide) groups is 2. The average Bonchev–Trinajstić information content (AvgIpc) is 2.78. The van der Waals surface area contributed by atoms with Crippen molar-refractivity contribution in [3.8, 4) is 0 Å². The molecule has 0 aliphatic carbocycles. The minimum atomic E-state index is -2.79. The maximum absolute atomic E-state index is 11.5. The molecule has 0 bridgehead atoms. The zero-order chi connectivity index (χ0) is 39.9. The van der Waals surface area contributed by atoms with E-state index >= 15 is 0 Å². The van der Waals surface area contributed by atoms with Crippen LogP contribution < -0.4 is 0 Å². The molecule has 50 heavy (non-hydrogen) atoms. The molecule has 0 rings (SSSR count). The summed E-state index contributed by atoms with van der Waals surface area (Å²) >= 11 is 2.31. The van der Waals surface area contributed by atoms with Gasteiger partial charge in [0.05, 0.1) is 12.5 Å². The lowest BCUT2D eigenvalue weighted by Crippen LogP contribution is -2.60. The van der Waals surface area contributed by atoms with E-state index in [-0.39, 0.29) is 10.6 Å². The molecule has 0 atom stereocenters. The normalized spacial score (nSPS) is 13.6. The molecule has 0 fully saturated rings. The van der Waals surface area contributed by atoms with Crippen LogP contribution in [-0.4, -0.2) is 89.6 Å². The Bertz CT molecular complexity index is 882. The zero-order valence-corrected chi connectivity index (χ0v) is 44.3. The fourth-order valence-electron chi connectivity index (χ4n) is 4.32. The lowest BCUT2D eigenvalue weighted by Gasteiger charge is -2.43. The molecule has 0 aliphatic heterocycles. The molecule has 0 saturated heterocycles. The molecular weight excluding hydrogens is 809 g/mol. The Morgan fingerprint density at radius 2 is 0.640 bits per heavy atom. The molecule has 0 aromatic carbocycles. The number of ether oxygens (including phenoxy) is 2. The first-order valence-corrected chi connectivity index (χ1v) is 43.5. The summed E-state index contributed by atoms with van der Waals surface area (Å²) in [7, 11) is -16.6. The number of carbonyl (C=O) groups is 2. The van der Waals surface area contributed by atoms with Crippen molar-refractivity contribution in [1.82, 2.24) is 0 Å². The third-order valence-electron chi connectivity index (χ3n) is 4.82. The van der Waals surface area contributed by atoms with Crippen molar-refractivity contribution < 1.29 is 43.8 Å². The fourth-order valence-corrected chi connectivity index (χ4v) is 35.3. The largest absolute Gasteiger partial charge is 0.469 e. The number of carbonyl (C=O) groups excluding carboxylic acids is 2. The highest BCUT2D eigenvalue weighted by atomic mass is 32.2. The SMILES string of the molecule is C=COC(=O)SCCC[Si](O[Si](C)(C)C)(O[Si](C)(C)C)O[Si](C)(C)C.C=COC(=O)SCCC[Si](O[Si](C)(C)C)(O[Si](C)(C)C)O[Si](C)(C)C. The highest BCUT2D eigenvalue weighted by molar-refractivity contribution is 8.13. The smallest absolute Gasteiger partial charge is 0.427 e. The van der Waals surface area contributed by atoms with Crippen LogP contribution in [0.3, 0.4) is 0 Å². The maximum atomic E-state index is 11.5. The summed E-state index contributed by atoms with van der Waals surface area (Å²) in [6.45, 7) is 45.9.